The lowest BCUT2D eigenvalue weighted by molar-refractivity contribution is 0.0983. The number of Topliss-reactive ketones (excluding diaryl/α,β-unsaturated/α-hetero) is 1. The molecule has 0 bridgehead atoms. The number of hydrogen-bond acceptors (Lipinski definition) is 6. The Morgan fingerprint density at radius 2 is 1.86 bits per heavy atom. The van der Waals surface area contributed by atoms with Gasteiger partial charge in [-0.3, -0.25) is 9.59 Å². The molecule has 2 rings (SSSR count). The molecular formula is C15H15NO5. The van der Waals surface area contributed by atoms with Gasteiger partial charge in [0.05, 0.1) is 17.3 Å². The number of benzene rings is 1. The van der Waals surface area contributed by atoms with E-state index in [1.807, 2.05) is 6.92 Å². The Morgan fingerprint density at radius 1 is 1.19 bits per heavy atom. The molecule has 1 aromatic carbocycles. The molecule has 0 heterocycles. The minimum absolute atomic E-state index is 0.00454. The average molecular weight is 289 g/mol. The molecule has 0 atom stereocenters. The number of carbonyl (C=O) groups is 2. The zero-order valence-electron chi connectivity index (χ0n) is 11.5. The summed E-state index contributed by atoms with van der Waals surface area (Å²) in [5.41, 5.74) is -0.397. The summed E-state index contributed by atoms with van der Waals surface area (Å²) >= 11 is 0. The summed E-state index contributed by atoms with van der Waals surface area (Å²) in [4.78, 5) is 29.1. The maximum absolute atomic E-state index is 12.2. The molecule has 0 radical (unpaired) electrons. The van der Waals surface area contributed by atoms with E-state index in [1.165, 1.54) is 6.07 Å². The van der Waals surface area contributed by atoms with E-state index >= 15 is 0 Å². The molecule has 0 amide bonds. The van der Waals surface area contributed by atoms with Gasteiger partial charge in [-0.05, 0) is 24.6 Å². The maximum Gasteiger partial charge on any atom is 0.199 e. The molecule has 0 saturated heterocycles. The molecule has 0 unspecified atom stereocenters. The summed E-state index contributed by atoms with van der Waals surface area (Å²) < 4.78 is 0. The zero-order valence-corrected chi connectivity index (χ0v) is 11.5. The highest BCUT2D eigenvalue weighted by Gasteiger charge is 2.30. The first-order valence-electron chi connectivity index (χ1n) is 6.57. The number of fused-ring (bicyclic) bond motifs is 1. The van der Waals surface area contributed by atoms with Crippen LogP contribution in [0.4, 0.5) is 0 Å². The van der Waals surface area contributed by atoms with Crippen LogP contribution in [0, 0.1) is 0 Å². The zero-order chi connectivity index (χ0) is 15.4. The van der Waals surface area contributed by atoms with Gasteiger partial charge in [0.15, 0.2) is 11.6 Å². The van der Waals surface area contributed by atoms with E-state index in [4.69, 9.17) is 4.84 Å². The number of phenolic OH excluding ortho intramolecular Hbond substituents is 2. The van der Waals surface area contributed by atoms with E-state index < -0.39 is 11.6 Å². The number of phenols is 2. The van der Waals surface area contributed by atoms with Crippen molar-refractivity contribution in [2.45, 2.75) is 19.8 Å². The van der Waals surface area contributed by atoms with Crippen molar-refractivity contribution in [1.29, 1.82) is 0 Å². The summed E-state index contributed by atoms with van der Waals surface area (Å²) in [7, 11) is 0. The Hall–Kier alpha value is -2.63. The summed E-state index contributed by atoms with van der Waals surface area (Å²) in [6.07, 6.45) is 4.00. The third-order valence-corrected chi connectivity index (χ3v) is 3.04. The first-order chi connectivity index (χ1) is 10.1. The van der Waals surface area contributed by atoms with Crippen molar-refractivity contribution in [3.8, 4) is 11.5 Å². The number of aromatic hydroxyl groups is 2. The van der Waals surface area contributed by atoms with E-state index in [1.54, 1.807) is 0 Å². The average Bonchev–Trinajstić information content (AvgIpc) is 2.46. The van der Waals surface area contributed by atoms with Gasteiger partial charge in [-0.15, -0.1) is 0 Å². The van der Waals surface area contributed by atoms with Gasteiger partial charge in [-0.25, -0.2) is 0 Å². The van der Waals surface area contributed by atoms with E-state index in [-0.39, 0.29) is 28.2 Å². The first kappa shape index (κ1) is 14.8. The van der Waals surface area contributed by atoms with Crippen LogP contribution in [-0.2, 0) is 4.84 Å². The van der Waals surface area contributed by atoms with Crippen molar-refractivity contribution in [2.75, 3.05) is 6.61 Å². The van der Waals surface area contributed by atoms with Crippen molar-refractivity contribution >= 4 is 17.8 Å². The number of allylic oxidation sites excluding steroid dienone is 2. The number of hydrogen-bond donors (Lipinski definition) is 2. The van der Waals surface area contributed by atoms with Crippen LogP contribution in [0.2, 0.25) is 0 Å². The fourth-order valence-electron chi connectivity index (χ4n) is 1.93. The van der Waals surface area contributed by atoms with Crippen LogP contribution >= 0.6 is 0 Å². The van der Waals surface area contributed by atoms with Crippen molar-refractivity contribution < 1.29 is 24.6 Å². The van der Waals surface area contributed by atoms with Crippen molar-refractivity contribution in [2.24, 2.45) is 5.16 Å². The molecular weight excluding hydrogens is 274 g/mol. The van der Waals surface area contributed by atoms with E-state index in [9.17, 15) is 19.8 Å². The summed E-state index contributed by atoms with van der Waals surface area (Å²) in [6.45, 7) is 2.43. The molecule has 0 aromatic heterocycles. The molecule has 1 aromatic rings. The Morgan fingerprint density at radius 3 is 2.52 bits per heavy atom. The minimum atomic E-state index is -0.583. The normalized spacial score (nSPS) is 14.2. The molecule has 1 aliphatic rings. The van der Waals surface area contributed by atoms with E-state index in [0.29, 0.717) is 6.61 Å². The van der Waals surface area contributed by atoms with Gasteiger partial charge in [0, 0.05) is 5.57 Å². The highest BCUT2D eigenvalue weighted by atomic mass is 16.6. The van der Waals surface area contributed by atoms with Crippen molar-refractivity contribution in [3.63, 3.8) is 0 Å². The fourth-order valence-corrected chi connectivity index (χ4v) is 1.93. The smallest absolute Gasteiger partial charge is 0.199 e. The number of rotatable bonds is 5. The van der Waals surface area contributed by atoms with Crippen molar-refractivity contribution in [3.05, 3.63) is 34.9 Å². The van der Waals surface area contributed by atoms with Crippen LogP contribution in [0.15, 0.2) is 28.9 Å². The third-order valence-electron chi connectivity index (χ3n) is 3.04. The number of oxime groups is 1. The number of ketones is 2. The Balaban J connectivity index is 2.27. The second-order valence-corrected chi connectivity index (χ2v) is 4.57. The SMILES string of the molecule is CCCCON=CC1=CC(=O)c2c(O)ccc(O)c2C1=O. The standard InChI is InChI=1S/C15H15NO5/c1-2-3-6-21-16-8-9-7-12(19)13-10(17)4-5-11(18)14(13)15(9)20/h4-5,7-8,17-18H,2-3,6H2,1H3. The van der Waals surface area contributed by atoms with Crippen LogP contribution < -0.4 is 0 Å². The molecule has 1 aliphatic carbocycles. The van der Waals surface area contributed by atoms with Gasteiger partial charge in [0.1, 0.15) is 18.1 Å². The summed E-state index contributed by atoms with van der Waals surface area (Å²) in [5, 5.41) is 23.0. The Bertz CT molecular complexity index is 646. The molecule has 0 aliphatic heterocycles. The van der Waals surface area contributed by atoms with Crippen molar-refractivity contribution in [1.82, 2.24) is 0 Å². The second kappa shape index (κ2) is 6.21. The number of unbranched alkanes of at least 4 members (excludes halogenated alkanes) is 1. The first-order valence-corrected chi connectivity index (χ1v) is 6.57. The monoisotopic (exact) mass is 289 g/mol. The van der Waals surface area contributed by atoms with Gasteiger partial charge in [0.2, 0.25) is 0 Å². The van der Waals surface area contributed by atoms with Gasteiger partial charge >= 0.3 is 0 Å². The van der Waals surface area contributed by atoms with Crippen LogP contribution in [0.5, 0.6) is 11.5 Å². The quantitative estimate of drug-likeness (QED) is 0.375. The van der Waals surface area contributed by atoms with Gasteiger partial charge in [-0.2, -0.15) is 0 Å². The number of carbonyl (C=O) groups excluding carboxylic acids is 2. The summed E-state index contributed by atoms with van der Waals surface area (Å²) in [5.74, 6) is -1.84. The minimum Gasteiger partial charge on any atom is -0.507 e. The Labute approximate surface area is 121 Å². The maximum atomic E-state index is 12.2. The lowest BCUT2D eigenvalue weighted by Crippen LogP contribution is -2.18. The summed E-state index contributed by atoms with van der Waals surface area (Å²) in [6, 6.07) is 2.33. The van der Waals surface area contributed by atoms with E-state index in [0.717, 1.165) is 31.2 Å². The topological polar surface area (TPSA) is 96.2 Å². The molecule has 6 heteroatoms. The molecule has 6 nitrogen and oxygen atoms in total. The Kier molecular flexibility index (Phi) is 4.37. The fraction of sp³-hybridized carbons (Fsp3) is 0.267. The molecule has 110 valence electrons. The van der Waals surface area contributed by atoms with Gasteiger partial charge in [-0.1, -0.05) is 18.5 Å². The predicted molar refractivity (Wildman–Crippen MR) is 75.9 cm³/mol. The third kappa shape index (κ3) is 2.94. The van der Waals surface area contributed by atoms with Crippen LogP contribution in [0.25, 0.3) is 0 Å². The van der Waals surface area contributed by atoms with E-state index in [2.05, 4.69) is 5.16 Å². The van der Waals surface area contributed by atoms with Crippen LogP contribution in [0.1, 0.15) is 40.5 Å². The van der Waals surface area contributed by atoms with Gasteiger partial charge < -0.3 is 15.1 Å². The molecule has 0 fully saturated rings. The molecule has 21 heavy (non-hydrogen) atoms. The second-order valence-electron chi connectivity index (χ2n) is 4.57. The van der Waals surface area contributed by atoms with Gasteiger partial charge in [0.25, 0.3) is 0 Å². The van der Waals surface area contributed by atoms with Crippen LogP contribution in [0.3, 0.4) is 0 Å². The predicted octanol–water partition coefficient (Wildman–Crippen LogP) is 2.21. The molecule has 0 saturated carbocycles. The highest BCUT2D eigenvalue weighted by Crippen LogP contribution is 2.34. The highest BCUT2D eigenvalue weighted by molar-refractivity contribution is 6.33. The number of nitrogens with zero attached hydrogens (tertiary/aromatic N) is 1. The van der Waals surface area contributed by atoms with Crippen LogP contribution in [-0.4, -0.2) is 34.6 Å². The lowest BCUT2D eigenvalue weighted by atomic mass is 9.88. The lowest BCUT2D eigenvalue weighted by Gasteiger charge is -2.14. The molecule has 2 N–H and O–H groups in total. The molecule has 0 spiro atoms. The largest absolute Gasteiger partial charge is 0.507 e.